The first-order valence-electron chi connectivity index (χ1n) is 8.23. The predicted octanol–water partition coefficient (Wildman–Crippen LogP) is 5.27. The summed E-state index contributed by atoms with van der Waals surface area (Å²) in [5.41, 5.74) is 4.11. The van der Waals surface area contributed by atoms with Gasteiger partial charge in [-0.1, -0.05) is 61.9 Å². The summed E-state index contributed by atoms with van der Waals surface area (Å²) < 4.78 is 0. The zero-order chi connectivity index (χ0) is 14.5. The Bertz CT molecular complexity index is 561. The molecule has 110 valence electrons. The first-order chi connectivity index (χ1) is 10.3. The fourth-order valence-electron chi connectivity index (χ4n) is 3.43. The molecule has 0 amide bonds. The van der Waals surface area contributed by atoms with E-state index in [2.05, 4.69) is 66.8 Å². The fourth-order valence-corrected chi connectivity index (χ4v) is 3.43. The quantitative estimate of drug-likeness (QED) is 0.786. The summed E-state index contributed by atoms with van der Waals surface area (Å²) in [6.07, 6.45) is 6.36. The van der Waals surface area contributed by atoms with Crippen LogP contribution in [0.25, 0.3) is 0 Å². The third-order valence-corrected chi connectivity index (χ3v) is 4.73. The molecule has 1 heteroatoms. The van der Waals surface area contributed by atoms with Gasteiger partial charge in [0.15, 0.2) is 0 Å². The third kappa shape index (κ3) is 3.66. The molecule has 2 atom stereocenters. The van der Waals surface area contributed by atoms with Crippen LogP contribution in [-0.4, -0.2) is 6.04 Å². The van der Waals surface area contributed by atoms with Crippen molar-refractivity contribution in [2.24, 2.45) is 5.92 Å². The zero-order valence-corrected chi connectivity index (χ0v) is 12.9. The highest BCUT2D eigenvalue weighted by molar-refractivity contribution is 5.53. The molecule has 0 saturated heterocycles. The summed E-state index contributed by atoms with van der Waals surface area (Å²) in [5, 5.41) is 3.79. The lowest BCUT2D eigenvalue weighted by atomic mass is 10.0. The molecule has 21 heavy (non-hydrogen) atoms. The zero-order valence-electron chi connectivity index (χ0n) is 12.9. The summed E-state index contributed by atoms with van der Waals surface area (Å²) in [6, 6.07) is 20.2. The highest BCUT2D eigenvalue weighted by Crippen LogP contribution is 2.31. The van der Waals surface area contributed by atoms with Gasteiger partial charge in [0.1, 0.15) is 0 Å². The van der Waals surface area contributed by atoms with Crippen LogP contribution in [0.15, 0.2) is 54.6 Å². The summed E-state index contributed by atoms with van der Waals surface area (Å²) in [4.78, 5) is 0. The molecule has 2 aromatic carbocycles. The lowest BCUT2D eigenvalue weighted by molar-refractivity contribution is 0.525. The lowest BCUT2D eigenvalue weighted by Crippen LogP contribution is -2.16. The Morgan fingerprint density at radius 1 is 0.952 bits per heavy atom. The van der Waals surface area contributed by atoms with E-state index >= 15 is 0 Å². The molecule has 2 aromatic rings. The van der Waals surface area contributed by atoms with Crippen LogP contribution in [0.4, 0.5) is 5.69 Å². The van der Waals surface area contributed by atoms with E-state index in [4.69, 9.17) is 0 Å². The second-order valence-electron chi connectivity index (χ2n) is 6.25. The SMILES string of the molecule is CCC1CCC(Nc2ccccc2Cc2ccccc2)C1. The van der Waals surface area contributed by atoms with E-state index in [1.165, 1.54) is 42.5 Å². The minimum atomic E-state index is 0.659. The van der Waals surface area contributed by atoms with Gasteiger partial charge in [0.25, 0.3) is 0 Å². The van der Waals surface area contributed by atoms with Crippen LogP contribution < -0.4 is 5.32 Å². The van der Waals surface area contributed by atoms with E-state index in [-0.39, 0.29) is 0 Å². The summed E-state index contributed by atoms with van der Waals surface area (Å²) in [5.74, 6) is 0.920. The summed E-state index contributed by atoms with van der Waals surface area (Å²) in [6.45, 7) is 2.32. The summed E-state index contributed by atoms with van der Waals surface area (Å²) in [7, 11) is 0. The lowest BCUT2D eigenvalue weighted by Gasteiger charge is -2.18. The fraction of sp³-hybridized carbons (Fsp3) is 0.400. The number of para-hydroxylation sites is 1. The molecular weight excluding hydrogens is 254 g/mol. The number of nitrogens with one attached hydrogen (secondary N) is 1. The van der Waals surface area contributed by atoms with Crippen LogP contribution in [0.3, 0.4) is 0 Å². The molecule has 3 rings (SSSR count). The average Bonchev–Trinajstić information content (AvgIpc) is 2.98. The van der Waals surface area contributed by atoms with Gasteiger partial charge in [0, 0.05) is 11.7 Å². The van der Waals surface area contributed by atoms with Gasteiger partial charge in [-0.05, 0) is 48.8 Å². The van der Waals surface area contributed by atoms with Crippen molar-refractivity contribution >= 4 is 5.69 Å². The Morgan fingerprint density at radius 2 is 1.71 bits per heavy atom. The first kappa shape index (κ1) is 14.2. The molecule has 2 unspecified atom stereocenters. The van der Waals surface area contributed by atoms with Crippen molar-refractivity contribution in [2.75, 3.05) is 5.32 Å². The van der Waals surface area contributed by atoms with E-state index < -0.39 is 0 Å². The smallest absolute Gasteiger partial charge is 0.0378 e. The molecule has 1 aliphatic carbocycles. The normalized spacial score (nSPS) is 21.4. The largest absolute Gasteiger partial charge is 0.382 e. The van der Waals surface area contributed by atoms with Gasteiger partial charge in [-0.3, -0.25) is 0 Å². The van der Waals surface area contributed by atoms with Gasteiger partial charge in [-0.2, -0.15) is 0 Å². The Hall–Kier alpha value is -1.76. The molecule has 0 bridgehead atoms. The molecule has 1 nitrogen and oxygen atoms in total. The Kier molecular flexibility index (Phi) is 4.59. The molecule has 1 saturated carbocycles. The summed E-state index contributed by atoms with van der Waals surface area (Å²) >= 11 is 0. The van der Waals surface area contributed by atoms with Crippen molar-refractivity contribution in [1.29, 1.82) is 0 Å². The van der Waals surface area contributed by atoms with Gasteiger partial charge in [-0.15, -0.1) is 0 Å². The Morgan fingerprint density at radius 3 is 2.48 bits per heavy atom. The van der Waals surface area contributed by atoms with Crippen LogP contribution in [0, 0.1) is 5.92 Å². The van der Waals surface area contributed by atoms with Crippen molar-refractivity contribution in [2.45, 2.75) is 45.1 Å². The van der Waals surface area contributed by atoms with Gasteiger partial charge in [-0.25, -0.2) is 0 Å². The van der Waals surface area contributed by atoms with Gasteiger partial charge in [0.05, 0.1) is 0 Å². The molecular formula is C20H25N. The molecule has 0 aromatic heterocycles. The first-order valence-corrected chi connectivity index (χ1v) is 8.23. The molecule has 0 spiro atoms. The van der Waals surface area contributed by atoms with Crippen LogP contribution in [-0.2, 0) is 6.42 Å². The molecule has 0 heterocycles. The van der Waals surface area contributed by atoms with Gasteiger partial charge >= 0.3 is 0 Å². The van der Waals surface area contributed by atoms with E-state index in [0.29, 0.717) is 6.04 Å². The van der Waals surface area contributed by atoms with E-state index in [0.717, 1.165) is 12.3 Å². The van der Waals surface area contributed by atoms with Gasteiger partial charge < -0.3 is 5.32 Å². The van der Waals surface area contributed by atoms with Crippen LogP contribution >= 0.6 is 0 Å². The van der Waals surface area contributed by atoms with E-state index in [9.17, 15) is 0 Å². The van der Waals surface area contributed by atoms with E-state index in [1.54, 1.807) is 0 Å². The van der Waals surface area contributed by atoms with Crippen molar-refractivity contribution < 1.29 is 0 Å². The highest BCUT2D eigenvalue weighted by Gasteiger charge is 2.23. The van der Waals surface area contributed by atoms with Crippen molar-refractivity contribution in [3.63, 3.8) is 0 Å². The van der Waals surface area contributed by atoms with Crippen LogP contribution in [0.2, 0.25) is 0 Å². The number of anilines is 1. The second kappa shape index (κ2) is 6.80. The van der Waals surface area contributed by atoms with Crippen LogP contribution in [0.1, 0.15) is 43.7 Å². The molecule has 1 N–H and O–H groups in total. The standard InChI is InChI=1S/C20H25N/c1-2-16-12-13-19(15-16)21-20-11-7-6-10-18(20)14-17-8-4-3-5-9-17/h3-11,16,19,21H,2,12-15H2,1H3. The molecule has 0 radical (unpaired) electrons. The maximum atomic E-state index is 3.79. The Balaban J connectivity index is 1.71. The number of benzene rings is 2. The van der Waals surface area contributed by atoms with Crippen molar-refractivity contribution in [3.05, 3.63) is 65.7 Å². The predicted molar refractivity (Wildman–Crippen MR) is 90.7 cm³/mol. The monoisotopic (exact) mass is 279 g/mol. The average molecular weight is 279 g/mol. The van der Waals surface area contributed by atoms with Crippen molar-refractivity contribution in [1.82, 2.24) is 0 Å². The topological polar surface area (TPSA) is 12.0 Å². The molecule has 1 aliphatic rings. The van der Waals surface area contributed by atoms with Crippen molar-refractivity contribution in [3.8, 4) is 0 Å². The highest BCUT2D eigenvalue weighted by atomic mass is 14.9. The Labute approximate surface area is 128 Å². The minimum Gasteiger partial charge on any atom is -0.382 e. The third-order valence-electron chi connectivity index (χ3n) is 4.73. The maximum absolute atomic E-state index is 3.79. The number of hydrogen-bond acceptors (Lipinski definition) is 1. The number of hydrogen-bond donors (Lipinski definition) is 1. The van der Waals surface area contributed by atoms with Gasteiger partial charge in [0.2, 0.25) is 0 Å². The molecule has 1 fully saturated rings. The maximum Gasteiger partial charge on any atom is 0.0378 e. The van der Waals surface area contributed by atoms with E-state index in [1.807, 2.05) is 0 Å². The number of rotatable bonds is 5. The molecule has 0 aliphatic heterocycles. The minimum absolute atomic E-state index is 0.659. The van der Waals surface area contributed by atoms with Crippen LogP contribution in [0.5, 0.6) is 0 Å². The second-order valence-corrected chi connectivity index (χ2v) is 6.25.